The minimum absolute atomic E-state index is 0.0722. The highest BCUT2D eigenvalue weighted by Crippen LogP contribution is 2.33. The zero-order valence-electron chi connectivity index (χ0n) is 10.9. The Bertz CT molecular complexity index is 885. The van der Waals surface area contributed by atoms with E-state index in [1.165, 1.54) is 24.5 Å². The molecule has 1 aliphatic heterocycles. The van der Waals surface area contributed by atoms with Gasteiger partial charge in [0.05, 0.1) is 11.8 Å². The zero-order chi connectivity index (χ0) is 15.1. The molecule has 106 valence electrons. The molecular formula is C15H10O6. The average Bonchev–Trinajstić information content (AvgIpc) is 2.60. The van der Waals surface area contributed by atoms with Gasteiger partial charge in [0, 0.05) is 0 Å². The Labute approximate surface area is 118 Å². The molecule has 0 saturated heterocycles. The van der Waals surface area contributed by atoms with Crippen LogP contribution in [0.1, 0.15) is 11.1 Å². The summed E-state index contributed by atoms with van der Waals surface area (Å²) < 4.78 is 10.6. The first kappa shape index (κ1) is 13.0. The number of aromatic hydroxyl groups is 1. The number of carbonyl (C=O) groups is 1. The molecule has 0 atom stereocenters. The van der Waals surface area contributed by atoms with Crippen molar-refractivity contribution < 1.29 is 24.2 Å². The van der Waals surface area contributed by atoms with Crippen LogP contribution in [0.25, 0.3) is 16.5 Å². The number of hydrogen-bond acceptors (Lipinski definition) is 5. The van der Waals surface area contributed by atoms with Gasteiger partial charge in [-0.2, -0.15) is 0 Å². The van der Waals surface area contributed by atoms with Crippen molar-refractivity contribution in [3.63, 3.8) is 0 Å². The molecule has 0 fully saturated rings. The SMILES string of the molecule is Cc1cc(O)c2c(=O)c3c(oc2c1)OC=CC=C3C(=O)O. The van der Waals surface area contributed by atoms with Gasteiger partial charge in [-0.15, -0.1) is 0 Å². The Morgan fingerprint density at radius 1 is 1.29 bits per heavy atom. The van der Waals surface area contributed by atoms with Gasteiger partial charge in [-0.25, -0.2) is 4.79 Å². The molecule has 3 rings (SSSR count). The quantitative estimate of drug-likeness (QED) is 0.834. The van der Waals surface area contributed by atoms with Gasteiger partial charge in [-0.3, -0.25) is 4.79 Å². The van der Waals surface area contributed by atoms with Gasteiger partial charge in [0.2, 0.25) is 5.43 Å². The molecule has 2 heterocycles. The number of carboxylic acid groups (broad SMARTS) is 1. The number of ether oxygens (including phenoxy) is 1. The third-order valence-electron chi connectivity index (χ3n) is 3.10. The maximum atomic E-state index is 12.5. The van der Waals surface area contributed by atoms with Crippen molar-refractivity contribution >= 4 is 22.5 Å². The summed E-state index contributed by atoms with van der Waals surface area (Å²) in [6, 6.07) is 2.98. The van der Waals surface area contributed by atoms with E-state index in [9.17, 15) is 19.8 Å². The molecule has 2 N–H and O–H groups in total. The topological polar surface area (TPSA) is 97.0 Å². The van der Waals surface area contributed by atoms with E-state index in [0.29, 0.717) is 5.56 Å². The first-order chi connectivity index (χ1) is 9.99. The van der Waals surface area contributed by atoms with Crippen molar-refractivity contribution in [2.45, 2.75) is 6.92 Å². The largest absolute Gasteiger partial charge is 0.507 e. The summed E-state index contributed by atoms with van der Waals surface area (Å²) in [4.78, 5) is 23.8. The molecule has 0 amide bonds. The summed E-state index contributed by atoms with van der Waals surface area (Å²) >= 11 is 0. The van der Waals surface area contributed by atoms with Crippen LogP contribution in [0.5, 0.6) is 11.7 Å². The van der Waals surface area contributed by atoms with E-state index in [0.717, 1.165) is 0 Å². The van der Waals surface area contributed by atoms with E-state index < -0.39 is 11.4 Å². The summed E-state index contributed by atoms with van der Waals surface area (Å²) in [6.07, 6.45) is 3.82. The molecule has 2 aromatic rings. The second kappa shape index (κ2) is 4.52. The molecule has 0 spiro atoms. The highest BCUT2D eigenvalue weighted by atomic mass is 16.6. The van der Waals surface area contributed by atoms with Gasteiger partial charge >= 0.3 is 11.9 Å². The first-order valence-corrected chi connectivity index (χ1v) is 6.06. The van der Waals surface area contributed by atoms with E-state index >= 15 is 0 Å². The molecule has 1 aromatic heterocycles. The van der Waals surface area contributed by atoms with Crippen LogP contribution in [-0.4, -0.2) is 16.2 Å². The van der Waals surface area contributed by atoms with Crippen LogP contribution in [0, 0.1) is 6.92 Å². The van der Waals surface area contributed by atoms with Gasteiger partial charge in [0.15, 0.2) is 0 Å². The van der Waals surface area contributed by atoms with Gasteiger partial charge < -0.3 is 19.4 Å². The number of allylic oxidation sites excluding steroid dienone is 2. The molecule has 0 saturated carbocycles. The number of fused-ring (bicyclic) bond motifs is 2. The molecule has 0 bridgehead atoms. The van der Waals surface area contributed by atoms with Crippen LogP contribution in [0.15, 0.2) is 39.8 Å². The number of rotatable bonds is 1. The summed E-state index contributed by atoms with van der Waals surface area (Å²) in [5, 5.41) is 19.1. The maximum absolute atomic E-state index is 12.5. The lowest BCUT2D eigenvalue weighted by Crippen LogP contribution is -2.14. The van der Waals surface area contributed by atoms with E-state index in [-0.39, 0.29) is 33.8 Å². The zero-order valence-corrected chi connectivity index (χ0v) is 10.9. The van der Waals surface area contributed by atoms with E-state index in [1.54, 1.807) is 13.0 Å². The second-order valence-corrected chi connectivity index (χ2v) is 4.58. The van der Waals surface area contributed by atoms with Crippen molar-refractivity contribution in [1.29, 1.82) is 0 Å². The summed E-state index contributed by atoms with van der Waals surface area (Å²) in [7, 11) is 0. The molecular weight excluding hydrogens is 276 g/mol. The molecule has 6 nitrogen and oxygen atoms in total. The van der Waals surface area contributed by atoms with Crippen LogP contribution in [0.3, 0.4) is 0 Å². The monoisotopic (exact) mass is 286 g/mol. The van der Waals surface area contributed by atoms with Crippen molar-refractivity contribution in [1.82, 2.24) is 0 Å². The smallest absolute Gasteiger partial charge is 0.336 e. The minimum atomic E-state index is -1.29. The van der Waals surface area contributed by atoms with E-state index in [4.69, 9.17) is 9.15 Å². The van der Waals surface area contributed by atoms with Gasteiger partial charge in [0.25, 0.3) is 0 Å². The van der Waals surface area contributed by atoms with Crippen molar-refractivity contribution in [3.8, 4) is 11.7 Å². The summed E-state index contributed by atoms with van der Waals surface area (Å²) in [5.74, 6) is -1.76. The minimum Gasteiger partial charge on any atom is -0.507 e. The van der Waals surface area contributed by atoms with Crippen LogP contribution >= 0.6 is 0 Å². The van der Waals surface area contributed by atoms with Crippen LogP contribution in [0.2, 0.25) is 0 Å². The van der Waals surface area contributed by atoms with Gasteiger partial charge in [-0.1, -0.05) is 0 Å². The molecule has 0 unspecified atom stereocenters. The standard InChI is InChI=1S/C15H10O6/c1-7-5-9(16)12-10(6-7)21-15-11(13(12)17)8(14(18)19)3-2-4-20-15/h2-6,16H,1H3,(H,18,19). The molecule has 6 heteroatoms. The number of aryl methyl sites for hydroxylation is 1. The maximum Gasteiger partial charge on any atom is 0.336 e. The average molecular weight is 286 g/mol. The Hall–Kier alpha value is -3.02. The van der Waals surface area contributed by atoms with Gasteiger partial charge in [0.1, 0.15) is 22.3 Å². The van der Waals surface area contributed by atoms with Crippen LogP contribution in [-0.2, 0) is 4.79 Å². The molecule has 0 aliphatic carbocycles. The third-order valence-corrected chi connectivity index (χ3v) is 3.10. The van der Waals surface area contributed by atoms with E-state index in [1.807, 2.05) is 0 Å². The lowest BCUT2D eigenvalue weighted by atomic mass is 10.0. The number of benzene rings is 1. The molecule has 21 heavy (non-hydrogen) atoms. The normalized spacial score (nSPS) is 13.3. The first-order valence-electron chi connectivity index (χ1n) is 6.06. The predicted octanol–water partition coefficient (Wildman–Crippen LogP) is 2.18. The highest BCUT2D eigenvalue weighted by molar-refractivity contribution is 6.17. The van der Waals surface area contributed by atoms with E-state index in [2.05, 4.69) is 0 Å². The Kier molecular flexibility index (Phi) is 2.79. The van der Waals surface area contributed by atoms with Gasteiger partial charge in [-0.05, 0) is 36.8 Å². The fraction of sp³-hybridized carbons (Fsp3) is 0.0667. The fourth-order valence-corrected chi connectivity index (χ4v) is 2.23. The summed E-state index contributed by atoms with van der Waals surface area (Å²) in [6.45, 7) is 1.73. The highest BCUT2D eigenvalue weighted by Gasteiger charge is 2.25. The number of hydrogen-bond donors (Lipinski definition) is 2. The van der Waals surface area contributed by atoms with Crippen LogP contribution < -0.4 is 10.2 Å². The number of phenols is 1. The Balaban J connectivity index is 2.47. The molecule has 1 aliphatic rings. The Morgan fingerprint density at radius 2 is 2.05 bits per heavy atom. The molecule has 0 radical (unpaired) electrons. The van der Waals surface area contributed by atoms with Crippen molar-refractivity contribution in [2.75, 3.05) is 0 Å². The number of carboxylic acids is 1. The number of aliphatic carboxylic acids is 1. The second-order valence-electron chi connectivity index (χ2n) is 4.58. The van der Waals surface area contributed by atoms with Crippen molar-refractivity contribution in [2.24, 2.45) is 0 Å². The van der Waals surface area contributed by atoms with Crippen LogP contribution in [0.4, 0.5) is 0 Å². The van der Waals surface area contributed by atoms with Crippen molar-refractivity contribution in [3.05, 3.63) is 51.9 Å². The summed E-state index contributed by atoms with van der Waals surface area (Å²) in [5.41, 5.74) is -0.299. The lowest BCUT2D eigenvalue weighted by molar-refractivity contribution is -0.130. The Morgan fingerprint density at radius 3 is 2.76 bits per heavy atom. The number of phenolic OH excluding ortho intramolecular Hbond substituents is 1. The lowest BCUT2D eigenvalue weighted by Gasteiger charge is -2.09. The fourth-order valence-electron chi connectivity index (χ4n) is 2.23. The third kappa shape index (κ3) is 1.97. The molecule has 1 aromatic carbocycles. The predicted molar refractivity (Wildman–Crippen MR) is 74.3 cm³/mol.